The van der Waals surface area contributed by atoms with Crippen LogP contribution >= 0.6 is 11.8 Å². The Morgan fingerprint density at radius 1 is 1.39 bits per heavy atom. The summed E-state index contributed by atoms with van der Waals surface area (Å²) in [7, 11) is 0. The van der Waals surface area contributed by atoms with E-state index in [1.807, 2.05) is 13.8 Å². The summed E-state index contributed by atoms with van der Waals surface area (Å²) in [5, 5.41) is 9.37. The van der Waals surface area contributed by atoms with E-state index in [0.717, 1.165) is 5.56 Å². The molecule has 2 aromatic rings. The number of aromatic nitrogens is 2. The van der Waals surface area contributed by atoms with Crippen LogP contribution in [0.5, 0.6) is 0 Å². The summed E-state index contributed by atoms with van der Waals surface area (Å²) >= 11 is 1.42. The molecule has 0 bridgehead atoms. The Morgan fingerprint density at radius 3 is 2.61 bits per heavy atom. The lowest BCUT2D eigenvalue weighted by molar-refractivity contribution is 0.0660. The number of carboxylic acid groups (broad SMARTS) is 1. The standard InChI is InChI=1S/C12H12N2O3S/c1-7-5-13-12(14-6-7)18-8(2)9-3-4-10(17-9)11(15)16/h3-6,8H,1-2H3,(H,15,16). The molecule has 2 heterocycles. The Balaban J connectivity index is 2.09. The van der Waals surface area contributed by atoms with Gasteiger partial charge < -0.3 is 9.52 Å². The predicted molar refractivity (Wildman–Crippen MR) is 66.7 cm³/mol. The minimum Gasteiger partial charge on any atom is -0.475 e. The summed E-state index contributed by atoms with van der Waals surface area (Å²) < 4.78 is 5.23. The summed E-state index contributed by atoms with van der Waals surface area (Å²) in [5.41, 5.74) is 0.998. The Kier molecular flexibility index (Phi) is 3.66. The van der Waals surface area contributed by atoms with Gasteiger partial charge in [0, 0.05) is 12.4 Å². The van der Waals surface area contributed by atoms with Crippen LogP contribution < -0.4 is 0 Å². The van der Waals surface area contributed by atoms with Crippen LogP contribution in [0.2, 0.25) is 0 Å². The van der Waals surface area contributed by atoms with Gasteiger partial charge in [-0.15, -0.1) is 0 Å². The topological polar surface area (TPSA) is 76.2 Å². The molecule has 0 aliphatic carbocycles. The number of hydrogen-bond acceptors (Lipinski definition) is 5. The van der Waals surface area contributed by atoms with Crippen molar-refractivity contribution >= 4 is 17.7 Å². The van der Waals surface area contributed by atoms with E-state index >= 15 is 0 Å². The molecule has 0 spiro atoms. The zero-order valence-corrected chi connectivity index (χ0v) is 10.8. The van der Waals surface area contributed by atoms with Gasteiger partial charge in [-0.25, -0.2) is 14.8 Å². The van der Waals surface area contributed by atoms with E-state index in [1.165, 1.54) is 17.8 Å². The van der Waals surface area contributed by atoms with Crippen LogP contribution in [0.25, 0.3) is 0 Å². The van der Waals surface area contributed by atoms with Gasteiger partial charge in [-0.2, -0.15) is 0 Å². The Bertz CT molecular complexity index is 551. The number of thioether (sulfide) groups is 1. The zero-order valence-electron chi connectivity index (χ0n) is 9.95. The maximum atomic E-state index is 10.7. The number of aromatic carboxylic acids is 1. The number of rotatable bonds is 4. The van der Waals surface area contributed by atoms with Crippen LogP contribution in [0.1, 0.15) is 34.1 Å². The quantitative estimate of drug-likeness (QED) is 0.676. The maximum Gasteiger partial charge on any atom is 0.371 e. The van der Waals surface area contributed by atoms with Crippen molar-refractivity contribution in [1.29, 1.82) is 0 Å². The van der Waals surface area contributed by atoms with Crippen molar-refractivity contribution in [3.63, 3.8) is 0 Å². The fraction of sp³-hybridized carbons (Fsp3) is 0.250. The molecule has 0 fully saturated rings. The van der Waals surface area contributed by atoms with Crippen molar-refractivity contribution in [3.05, 3.63) is 41.6 Å². The van der Waals surface area contributed by atoms with Gasteiger partial charge in [-0.05, 0) is 31.5 Å². The first-order chi connectivity index (χ1) is 8.56. The second-order valence-electron chi connectivity index (χ2n) is 3.81. The lowest BCUT2D eigenvalue weighted by Crippen LogP contribution is -1.93. The van der Waals surface area contributed by atoms with Crippen molar-refractivity contribution < 1.29 is 14.3 Å². The van der Waals surface area contributed by atoms with E-state index in [2.05, 4.69) is 9.97 Å². The number of hydrogen-bond donors (Lipinski definition) is 1. The molecule has 94 valence electrons. The minimum absolute atomic E-state index is 0.0409. The molecule has 18 heavy (non-hydrogen) atoms. The molecule has 1 N–H and O–H groups in total. The van der Waals surface area contributed by atoms with Crippen LogP contribution in [0.4, 0.5) is 0 Å². The second kappa shape index (κ2) is 5.22. The van der Waals surface area contributed by atoms with Gasteiger partial charge in [0.2, 0.25) is 5.76 Å². The number of carbonyl (C=O) groups is 1. The van der Waals surface area contributed by atoms with Gasteiger partial charge in [0.25, 0.3) is 0 Å². The lowest BCUT2D eigenvalue weighted by Gasteiger charge is -2.06. The van der Waals surface area contributed by atoms with Crippen molar-refractivity contribution in [3.8, 4) is 0 Å². The number of carboxylic acids is 1. The Hall–Kier alpha value is -1.82. The summed E-state index contributed by atoms with van der Waals surface area (Å²) in [4.78, 5) is 19.1. The van der Waals surface area contributed by atoms with Crippen molar-refractivity contribution in [2.75, 3.05) is 0 Å². The highest BCUT2D eigenvalue weighted by atomic mass is 32.2. The highest BCUT2D eigenvalue weighted by molar-refractivity contribution is 7.99. The molecule has 0 radical (unpaired) electrons. The number of aryl methyl sites for hydroxylation is 1. The summed E-state index contributed by atoms with van der Waals surface area (Å²) in [6.07, 6.45) is 3.49. The average Bonchev–Trinajstić information content (AvgIpc) is 2.81. The number of nitrogens with zero attached hydrogens (tertiary/aromatic N) is 2. The van der Waals surface area contributed by atoms with E-state index < -0.39 is 5.97 Å². The molecular formula is C12H12N2O3S. The van der Waals surface area contributed by atoms with Crippen molar-refractivity contribution in [1.82, 2.24) is 9.97 Å². The molecule has 0 aliphatic rings. The van der Waals surface area contributed by atoms with Gasteiger partial charge in [0.15, 0.2) is 5.16 Å². The van der Waals surface area contributed by atoms with E-state index in [4.69, 9.17) is 9.52 Å². The molecule has 2 rings (SSSR count). The average molecular weight is 264 g/mol. The molecule has 5 nitrogen and oxygen atoms in total. The van der Waals surface area contributed by atoms with Crippen LogP contribution in [-0.2, 0) is 0 Å². The molecule has 0 saturated carbocycles. The first-order valence-corrected chi connectivity index (χ1v) is 6.22. The molecule has 0 aromatic carbocycles. The van der Waals surface area contributed by atoms with E-state index in [1.54, 1.807) is 18.5 Å². The van der Waals surface area contributed by atoms with Gasteiger partial charge in [0.05, 0.1) is 5.25 Å². The second-order valence-corrected chi connectivity index (χ2v) is 5.12. The Labute approximate surface area is 108 Å². The highest BCUT2D eigenvalue weighted by Crippen LogP contribution is 2.33. The Morgan fingerprint density at radius 2 is 2.06 bits per heavy atom. The first kappa shape index (κ1) is 12.6. The fourth-order valence-corrected chi connectivity index (χ4v) is 2.13. The van der Waals surface area contributed by atoms with E-state index in [9.17, 15) is 4.79 Å². The summed E-state index contributed by atoms with van der Waals surface area (Å²) in [6, 6.07) is 3.11. The largest absolute Gasteiger partial charge is 0.475 e. The molecule has 2 aromatic heterocycles. The van der Waals surface area contributed by atoms with Crippen LogP contribution in [0, 0.1) is 6.92 Å². The van der Waals surface area contributed by atoms with Crippen LogP contribution in [0.15, 0.2) is 34.1 Å². The monoisotopic (exact) mass is 264 g/mol. The third-order valence-electron chi connectivity index (χ3n) is 2.28. The zero-order chi connectivity index (χ0) is 13.1. The SMILES string of the molecule is Cc1cnc(SC(C)c2ccc(C(=O)O)o2)nc1. The third-order valence-corrected chi connectivity index (χ3v) is 3.29. The summed E-state index contributed by atoms with van der Waals surface area (Å²) in [5.74, 6) is -0.520. The maximum absolute atomic E-state index is 10.7. The predicted octanol–water partition coefficient (Wildman–Crippen LogP) is 2.93. The van der Waals surface area contributed by atoms with E-state index in [0.29, 0.717) is 10.9 Å². The summed E-state index contributed by atoms with van der Waals surface area (Å²) in [6.45, 7) is 3.84. The molecule has 1 unspecified atom stereocenters. The molecule has 0 amide bonds. The third kappa shape index (κ3) is 2.89. The molecule has 1 atom stereocenters. The normalized spacial score (nSPS) is 12.3. The lowest BCUT2D eigenvalue weighted by atomic mass is 10.3. The number of furan rings is 1. The minimum atomic E-state index is -1.06. The van der Waals surface area contributed by atoms with Gasteiger partial charge in [-0.3, -0.25) is 0 Å². The molecule has 0 aliphatic heterocycles. The van der Waals surface area contributed by atoms with Crippen LogP contribution in [-0.4, -0.2) is 21.0 Å². The van der Waals surface area contributed by atoms with Gasteiger partial charge >= 0.3 is 5.97 Å². The van der Waals surface area contributed by atoms with Crippen molar-refractivity contribution in [2.24, 2.45) is 0 Å². The molecule has 6 heteroatoms. The fourth-order valence-electron chi connectivity index (χ4n) is 1.34. The van der Waals surface area contributed by atoms with Crippen LogP contribution in [0.3, 0.4) is 0 Å². The molecule has 0 saturated heterocycles. The van der Waals surface area contributed by atoms with E-state index in [-0.39, 0.29) is 11.0 Å². The van der Waals surface area contributed by atoms with Gasteiger partial charge in [0.1, 0.15) is 5.76 Å². The highest BCUT2D eigenvalue weighted by Gasteiger charge is 2.16. The smallest absolute Gasteiger partial charge is 0.371 e. The first-order valence-electron chi connectivity index (χ1n) is 5.34. The van der Waals surface area contributed by atoms with Gasteiger partial charge in [-0.1, -0.05) is 11.8 Å². The molecular weight excluding hydrogens is 252 g/mol. The van der Waals surface area contributed by atoms with Crippen molar-refractivity contribution in [2.45, 2.75) is 24.3 Å².